The summed E-state index contributed by atoms with van der Waals surface area (Å²) in [6, 6.07) is 0. The number of rotatable bonds is 3. The van der Waals surface area contributed by atoms with Crippen molar-refractivity contribution in [3.05, 3.63) is 12.2 Å². The number of aliphatic hydroxyl groups is 1. The third-order valence-corrected chi connectivity index (χ3v) is 3.54. The summed E-state index contributed by atoms with van der Waals surface area (Å²) in [4.78, 5) is 11.3. The second-order valence-electron chi connectivity index (χ2n) is 4.71. The molecule has 17 heavy (non-hydrogen) atoms. The van der Waals surface area contributed by atoms with E-state index in [0.717, 1.165) is 19.3 Å². The number of ether oxygens (including phenoxy) is 1. The molecule has 0 aromatic rings. The number of terminal acetylenes is 1. The van der Waals surface area contributed by atoms with Crippen molar-refractivity contribution in [1.29, 1.82) is 0 Å². The average molecular weight is 236 g/mol. The Kier molecular flexibility index (Phi) is 4.36. The van der Waals surface area contributed by atoms with Crippen molar-refractivity contribution in [3.63, 3.8) is 0 Å². The molecule has 0 aliphatic heterocycles. The van der Waals surface area contributed by atoms with Crippen LogP contribution in [-0.2, 0) is 9.53 Å². The van der Waals surface area contributed by atoms with Crippen LogP contribution in [0.5, 0.6) is 0 Å². The smallest absolute Gasteiger partial charge is 0.330 e. The zero-order chi connectivity index (χ0) is 12.9. The van der Waals surface area contributed by atoms with Gasteiger partial charge in [0.05, 0.1) is 6.61 Å². The minimum Gasteiger partial charge on any atom is -0.463 e. The molecule has 2 atom stereocenters. The van der Waals surface area contributed by atoms with Crippen molar-refractivity contribution in [3.8, 4) is 12.3 Å². The maximum atomic E-state index is 11.3. The van der Waals surface area contributed by atoms with Crippen LogP contribution in [0.3, 0.4) is 0 Å². The molecule has 3 nitrogen and oxygen atoms in total. The quantitative estimate of drug-likeness (QED) is 0.463. The highest BCUT2D eigenvalue weighted by Gasteiger charge is 2.45. The predicted molar refractivity (Wildman–Crippen MR) is 66.1 cm³/mol. The van der Waals surface area contributed by atoms with E-state index in [4.69, 9.17) is 11.2 Å². The molecule has 94 valence electrons. The minimum atomic E-state index is -1.16. The SMILES string of the molecule is C#CC1(O)CCCCC1(C)/C=C/C(=O)OCC. The molecule has 1 N–H and O–H groups in total. The molecule has 1 aliphatic rings. The van der Waals surface area contributed by atoms with Crippen molar-refractivity contribution in [2.24, 2.45) is 5.41 Å². The van der Waals surface area contributed by atoms with Crippen LogP contribution < -0.4 is 0 Å². The molecule has 3 heteroatoms. The van der Waals surface area contributed by atoms with Gasteiger partial charge in [-0.05, 0) is 26.2 Å². The van der Waals surface area contributed by atoms with Crippen LogP contribution in [0.4, 0.5) is 0 Å². The molecule has 1 aliphatic carbocycles. The summed E-state index contributed by atoms with van der Waals surface area (Å²) in [5.74, 6) is 2.09. The van der Waals surface area contributed by atoms with Crippen LogP contribution in [-0.4, -0.2) is 23.3 Å². The zero-order valence-electron chi connectivity index (χ0n) is 10.5. The Hall–Kier alpha value is -1.27. The fraction of sp³-hybridized carbons (Fsp3) is 0.643. The molecule has 0 aromatic carbocycles. The Morgan fingerprint density at radius 1 is 1.53 bits per heavy atom. The van der Waals surface area contributed by atoms with Gasteiger partial charge in [0.25, 0.3) is 0 Å². The maximum Gasteiger partial charge on any atom is 0.330 e. The lowest BCUT2D eigenvalue weighted by molar-refractivity contribution is -0.137. The van der Waals surface area contributed by atoms with Crippen LogP contribution in [0.1, 0.15) is 39.5 Å². The number of carbonyl (C=O) groups excluding carboxylic acids is 1. The lowest BCUT2D eigenvalue weighted by Gasteiger charge is -2.43. The predicted octanol–water partition coefficient (Wildman–Crippen LogP) is 2.05. The van der Waals surface area contributed by atoms with Crippen molar-refractivity contribution in [2.45, 2.75) is 45.1 Å². The van der Waals surface area contributed by atoms with E-state index in [9.17, 15) is 9.90 Å². The first-order chi connectivity index (χ1) is 7.97. The monoisotopic (exact) mass is 236 g/mol. The Balaban J connectivity index is 2.85. The van der Waals surface area contributed by atoms with Gasteiger partial charge in [0.15, 0.2) is 0 Å². The van der Waals surface area contributed by atoms with Gasteiger partial charge in [-0.1, -0.05) is 25.3 Å². The van der Waals surface area contributed by atoms with E-state index < -0.39 is 17.0 Å². The summed E-state index contributed by atoms with van der Waals surface area (Å²) < 4.78 is 4.82. The van der Waals surface area contributed by atoms with Crippen molar-refractivity contribution >= 4 is 5.97 Å². The highest BCUT2D eigenvalue weighted by Crippen LogP contribution is 2.44. The summed E-state index contributed by atoms with van der Waals surface area (Å²) >= 11 is 0. The van der Waals surface area contributed by atoms with Crippen LogP contribution in [0.25, 0.3) is 0 Å². The van der Waals surface area contributed by atoms with Gasteiger partial charge in [-0.15, -0.1) is 6.42 Å². The Bertz CT molecular complexity index is 353. The van der Waals surface area contributed by atoms with Gasteiger partial charge in [0.2, 0.25) is 0 Å². The molecule has 0 saturated heterocycles. The van der Waals surface area contributed by atoms with Crippen molar-refractivity contribution < 1.29 is 14.6 Å². The Morgan fingerprint density at radius 2 is 2.18 bits per heavy atom. The van der Waals surface area contributed by atoms with Gasteiger partial charge in [-0.3, -0.25) is 0 Å². The van der Waals surface area contributed by atoms with Crippen LogP contribution in [0.2, 0.25) is 0 Å². The van der Waals surface area contributed by atoms with Gasteiger partial charge in [0.1, 0.15) is 5.60 Å². The van der Waals surface area contributed by atoms with Gasteiger partial charge in [-0.2, -0.15) is 0 Å². The first-order valence-corrected chi connectivity index (χ1v) is 6.03. The van der Waals surface area contributed by atoms with E-state index in [1.165, 1.54) is 6.08 Å². The standard InChI is InChI=1S/C14H20O3/c1-4-14(16)10-7-6-9-13(14,3)11-8-12(15)17-5-2/h1,8,11,16H,5-7,9-10H2,2-3H3/b11-8+. The van der Waals surface area contributed by atoms with Crippen LogP contribution >= 0.6 is 0 Å². The second-order valence-corrected chi connectivity index (χ2v) is 4.71. The number of hydrogen-bond donors (Lipinski definition) is 1. The molecule has 1 fully saturated rings. The lowest BCUT2D eigenvalue weighted by Crippen LogP contribution is -2.46. The summed E-state index contributed by atoms with van der Waals surface area (Å²) in [6.45, 7) is 3.99. The molecule has 0 bridgehead atoms. The number of hydrogen-bond acceptors (Lipinski definition) is 3. The van der Waals surface area contributed by atoms with Gasteiger partial charge < -0.3 is 9.84 Å². The molecular weight excluding hydrogens is 216 g/mol. The third kappa shape index (κ3) is 2.89. The van der Waals surface area contributed by atoms with E-state index in [2.05, 4.69) is 5.92 Å². The summed E-state index contributed by atoms with van der Waals surface area (Å²) in [5.41, 5.74) is -1.71. The van der Waals surface area contributed by atoms with Crippen molar-refractivity contribution in [2.75, 3.05) is 6.61 Å². The molecule has 0 radical (unpaired) electrons. The summed E-state index contributed by atoms with van der Waals surface area (Å²) in [7, 11) is 0. The molecule has 0 amide bonds. The lowest BCUT2D eigenvalue weighted by atomic mass is 9.64. The van der Waals surface area contributed by atoms with Crippen LogP contribution in [0.15, 0.2) is 12.2 Å². The highest BCUT2D eigenvalue weighted by molar-refractivity contribution is 5.82. The minimum absolute atomic E-state index is 0.347. The number of carbonyl (C=O) groups is 1. The summed E-state index contributed by atoms with van der Waals surface area (Å²) in [6.07, 6.45) is 11.8. The molecule has 0 aromatic heterocycles. The largest absolute Gasteiger partial charge is 0.463 e. The van der Waals surface area contributed by atoms with E-state index in [1.54, 1.807) is 13.0 Å². The molecular formula is C14H20O3. The van der Waals surface area contributed by atoms with Crippen LogP contribution in [0, 0.1) is 17.8 Å². The second kappa shape index (κ2) is 5.37. The zero-order valence-corrected chi connectivity index (χ0v) is 10.5. The summed E-state index contributed by atoms with van der Waals surface area (Å²) in [5, 5.41) is 10.4. The van der Waals surface area contributed by atoms with E-state index in [-0.39, 0.29) is 0 Å². The first kappa shape index (κ1) is 13.8. The molecule has 1 saturated carbocycles. The maximum absolute atomic E-state index is 11.3. The van der Waals surface area contributed by atoms with Gasteiger partial charge in [-0.25, -0.2) is 4.79 Å². The van der Waals surface area contributed by atoms with Gasteiger partial charge >= 0.3 is 5.97 Å². The normalized spacial score (nSPS) is 33.3. The van der Waals surface area contributed by atoms with E-state index >= 15 is 0 Å². The fourth-order valence-electron chi connectivity index (χ4n) is 2.27. The van der Waals surface area contributed by atoms with Gasteiger partial charge in [0, 0.05) is 11.5 Å². The molecule has 1 rings (SSSR count). The molecule has 2 unspecified atom stereocenters. The Labute approximate surface area is 103 Å². The molecule has 0 spiro atoms. The van der Waals surface area contributed by atoms with E-state index in [0.29, 0.717) is 13.0 Å². The molecule has 0 heterocycles. The average Bonchev–Trinajstić information content (AvgIpc) is 2.31. The van der Waals surface area contributed by atoms with E-state index in [1.807, 2.05) is 6.92 Å². The van der Waals surface area contributed by atoms with Crippen molar-refractivity contribution in [1.82, 2.24) is 0 Å². The topological polar surface area (TPSA) is 46.5 Å². The Morgan fingerprint density at radius 3 is 2.76 bits per heavy atom. The highest BCUT2D eigenvalue weighted by atomic mass is 16.5. The third-order valence-electron chi connectivity index (χ3n) is 3.54. The number of esters is 1. The first-order valence-electron chi connectivity index (χ1n) is 6.03. The fourth-order valence-corrected chi connectivity index (χ4v) is 2.27.